The zero-order chi connectivity index (χ0) is 12.4. The molecule has 1 saturated heterocycles. The van der Waals surface area contributed by atoms with Gasteiger partial charge in [-0.25, -0.2) is 0 Å². The molecule has 2 heterocycles. The van der Waals surface area contributed by atoms with E-state index < -0.39 is 0 Å². The van der Waals surface area contributed by atoms with Gasteiger partial charge in [0.25, 0.3) is 0 Å². The van der Waals surface area contributed by atoms with E-state index in [1.807, 2.05) is 0 Å². The van der Waals surface area contributed by atoms with E-state index in [0.29, 0.717) is 5.92 Å². The number of piperazine rings is 1. The van der Waals surface area contributed by atoms with Crippen LogP contribution in [0.25, 0.3) is 0 Å². The molecule has 1 unspecified atom stereocenters. The zero-order valence-electron chi connectivity index (χ0n) is 11.1. The molecule has 1 fully saturated rings. The molecule has 1 aromatic carbocycles. The summed E-state index contributed by atoms with van der Waals surface area (Å²) in [4.78, 5) is 4.99. The molecular weight excluding hydrogens is 224 g/mol. The van der Waals surface area contributed by atoms with Gasteiger partial charge in [-0.05, 0) is 25.1 Å². The molecule has 18 heavy (non-hydrogen) atoms. The summed E-state index contributed by atoms with van der Waals surface area (Å²) in [6.45, 7) is 6.86. The Morgan fingerprint density at radius 3 is 2.78 bits per heavy atom. The SMILES string of the molecule is CN1CCN(CC2COc3ccccc3C2)CC1. The van der Waals surface area contributed by atoms with Crippen molar-refractivity contribution >= 4 is 0 Å². The third kappa shape index (κ3) is 2.68. The van der Waals surface area contributed by atoms with Crippen molar-refractivity contribution < 1.29 is 4.74 Å². The first-order valence-electron chi connectivity index (χ1n) is 6.93. The van der Waals surface area contributed by atoms with E-state index in [-0.39, 0.29) is 0 Å². The minimum atomic E-state index is 0.656. The van der Waals surface area contributed by atoms with E-state index >= 15 is 0 Å². The number of nitrogens with zero attached hydrogens (tertiary/aromatic N) is 2. The first-order valence-corrected chi connectivity index (χ1v) is 6.93. The Morgan fingerprint density at radius 1 is 1.17 bits per heavy atom. The van der Waals surface area contributed by atoms with Crippen molar-refractivity contribution in [1.82, 2.24) is 9.80 Å². The van der Waals surface area contributed by atoms with Crippen LogP contribution in [0.15, 0.2) is 24.3 Å². The Kier molecular flexibility index (Phi) is 3.52. The van der Waals surface area contributed by atoms with Gasteiger partial charge >= 0.3 is 0 Å². The molecule has 2 aliphatic rings. The van der Waals surface area contributed by atoms with Gasteiger partial charge < -0.3 is 14.5 Å². The van der Waals surface area contributed by atoms with Gasteiger partial charge in [0.1, 0.15) is 5.75 Å². The van der Waals surface area contributed by atoms with Crippen molar-refractivity contribution in [3.63, 3.8) is 0 Å². The first kappa shape index (κ1) is 12.0. The fraction of sp³-hybridized carbons (Fsp3) is 0.600. The van der Waals surface area contributed by atoms with Crippen LogP contribution in [0.4, 0.5) is 0 Å². The van der Waals surface area contributed by atoms with Gasteiger partial charge in [-0.15, -0.1) is 0 Å². The molecule has 0 saturated carbocycles. The molecule has 3 heteroatoms. The Balaban J connectivity index is 1.56. The molecule has 98 valence electrons. The molecule has 0 N–H and O–H groups in total. The number of likely N-dealkylation sites (N-methyl/N-ethyl adjacent to an activating group) is 1. The monoisotopic (exact) mass is 246 g/mol. The van der Waals surface area contributed by atoms with Crippen LogP contribution in [0.1, 0.15) is 5.56 Å². The normalized spacial score (nSPS) is 25.5. The fourth-order valence-corrected chi connectivity index (χ4v) is 2.90. The molecule has 0 amide bonds. The van der Waals surface area contributed by atoms with Gasteiger partial charge in [0.15, 0.2) is 0 Å². The summed E-state index contributed by atoms with van der Waals surface area (Å²) in [7, 11) is 2.21. The maximum atomic E-state index is 5.86. The first-order chi connectivity index (χ1) is 8.81. The van der Waals surface area contributed by atoms with Crippen molar-refractivity contribution in [1.29, 1.82) is 0 Å². The average Bonchev–Trinajstić information content (AvgIpc) is 2.41. The van der Waals surface area contributed by atoms with Crippen LogP contribution in [-0.4, -0.2) is 56.2 Å². The molecule has 0 radical (unpaired) electrons. The Hall–Kier alpha value is -1.06. The third-order valence-electron chi connectivity index (χ3n) is 4.07. The second kappa shape index (κ2) is 5.29. The van der Waals surface area contributed by atoms with E-state index in [9.17, 15) is 0 Å². The van der Waals surface area contributed by atoms with Crippen LogP contribution in [0, 0.1) is 5.92 Å². The van der Waals surface area contributed by atoms with Crippen LogP contribution in [-0.2, 0) is 6.42 Å². The van der Waals surface area contributed by atoms with E-state index in [0.717, 1.165) is 12.4 Å². The van der Waals surface area contributed by atoms with E-state index in [2.05, 4.69) is 41.1 Å². The lowest BCUT2D eigenvalue weighted by molar-refractivity contribution is 0.112. The highest BCUT2D eigenvalue weighted by atomic mass is 16.5. The summed E-state index contributed by atoms with van der Waals surface area (Å²) in [5, 5.41) is 0. The fourth-order valence-electron chi connectivity index (χ4n) is 2.90. The van der Waals surface area contributed by atoms with Crippen molar-refractivity contribution in [3.8, 4) is 5.75 Å². The molecular formula is C15H22N2O. The molecule has 1 aromatic rings. The largest absolute Gasteiger partial charge is 0.493 e. The van der Waals surface area contributed by atoms with Gasteiger partial charge in [-0.2, -0.15) is 0 Å². The van der Waals surface area contributed by atoms with Crippen molar-refractivity contribution in [2.75, 3.05) is 46.4 Å². The number of benzene rings is 1. The van der Waals surface area contributed by atoms with Gasteiger partial charge in [-0.3, -0.25) is 0 Å². The molecule has 0 spiro atoms. The van der Waals surface area contributed by atoms with Crippen LogP contribution >= 0.6 is 0 Å². The standard InChI is InChI=1S/C15H22N2O/c1-16-6-8-17(9-7-16)11-13-10-14-4-2-3-5-15(14)18-12-13/h2-5,13H,6-12H2,1H3. The molecule has 0 aromatic heterocycles. The van der Waals surface area contributed by atoms with Crippen LogP contribution in [0.5, 0.6) is 5.75 Å². The van der Waals surface area contributed by atoms with Crippen LogP contribution < -0.4 is 4.74 Å². The molecule has 0 bridgehead atoms. The highest BCUT2D eigenvalue weighted by molar-refractivity contribution is 5.35. The van der Waals surface area contributed by atoms with Crippen LogP contribution in [0.2, 0.25) is 0 Å². The summed E-state index contributed by atoms with van der Waals surface area (Å²) in [5.41, 5.74) is 1.38. The van der Waals surface area contributed by atoms with Gasteiger partial charge in [0.2, 0.25) is 0 Å². The summed E-state index contributed by atoms with van der Waals surface area (Å²) < 4.78 is 5.86. The van der Waals surface area contributed by atoms with Crippen molar-refractivity contribution in [2.24, 2.45) is 5.92 Å². The van der Waals surface area contributed by atoms with E-state index in [1.54, 1.807) is 0 Å². The van der Waals surface area contributed by atoms with Gasteiger partial charge in [-0.1, -0.05) is 18.2 Å². The summed E-state index contributed by atoms with van der Waals surface area (Å²) >= 11 is 0. The zero-order valence-corrected chi connectivity index (χ0v) is 11.1. The summed E-state index contributed by atoms with van der Waals surface area (Å²) in [5.74, 6) is 1.75. The van der Waals surface area contributed by atoms with Gasteiger partial charge in [0.05, 0.1) is 6.61 Å². The van der Waals surface area contributed by atoms with Gasteiger partial charge in [0, 0.05) is 38.6 Å². The summed E-state index contributed by atoms with van der Waals surface area (Å²) in [6.07, 6.45) is 1.17. The maximum absolute atomic E-state index is 5.86. The number of rotatable bonds is 2. The minimum Gasteiger partial charge on any atom is -0.493 e. The topological polar surface area (TPSA) is 15.7 Å². The second-order valence-electron chi connectivity index (χ2n) is 5.59. The Morgan fingerprint density at radius 2 is 1.94 bits per heavy atom. The lowest BCUT2D eigenvalue weighted by atomic mass is 9.96. The van der Waals surface area contributed by atoms with E-state index in [4.69, 9.17) is 4.74 Å². The predicted octanol–water partition coefficient (Wildman–Crippen LogP) is 1.49. The number of hydrogen-bond acceptors (Lipinski definition) is 3. The average molecular weight is 246 g/mol. The number of hydrogen-bond donors (Lipinski definition) is 0. The molecule has 0 aliphatic carbocycles. The number of para-hydroxylation sites is 1. The quantitative estimate of drug-likeness (QED) is 0.786. The van der Waals surface area contributed by atoms with Crippen LogP contribution in [0.3, 0.4) is 0 Å². The molecule has 3 nitrogen and oxygen atoms in total. The lowest BCUT2D eigenvalue weighted by Crippen LogP contribution is -2.47. The molecule has 1 atom stereocenters. The highest BCUT2D eigenvalue weighted by Crippen LogP contribution is 2.27. The maximum Gasteiger partial charge on any atom is 0.122 e. The smallest absolute Gasteiger partial charge is 0.122 e. The summed E-state index contributed by atoms with van der Waals surface area (Å²) in [6, 6.07) is 8.45. The Labute approximate surface area is 109 Å². The predicted molar refractivity (Wildman–Crippen MR) is 73.1 cm³/mol. The van der Waals surface area contributed by atoms with E-state index in [1.165, 1.54) is 44.7 Å². The second-order valence-corrected chi connectivity index (χ2v) is 5.59. The van der Waals surface area contributed by atoms with Crippen molar-refractivity contribution in [3.05, 3.63) is 29.8 Å². The van der Waals surface area contributed by atoms with Crippen molar-refractivity contribution in [2.45, 2.75) is 6.42 Å². The number of fused-ring (bicyclic) bond motifs is 1. The highest BCUT2D eigenvalue weighted by Gasteiger charge is 2.23. The third-order valence-corrected chi connectivity index (χ3v) is 4.07. The molecule has 2 aliphatic heterocycles. The Bertz CT molecular complexity index is 399. The lowest BCUT2D eigenvalue weighted by Gasteiger charge is -2.35. The minimum absolute atomic E-state index is 0.656. The number of ether oxygens (including phenoxy) is 1. The molecule has 3 rings (SSSR count).